The van der Waals surface area contributed by atoms with Crippen LogP contribution in [-0.2, 0) is 0 Å². The van der Waals surface area contributed by atoms with Crippen molar-refractivity contribution in [3.8, 4) is 11.5 Å². The summed E-state index contributed by atoms with van der Waals surface area (Å²) in [6.45, 7) is 5.28. The quantitative estimate of drug-likeness (QED) is 0.800. The van der Waals surface area contributed by atoms with Crippen molar-refractivity contribution >= 4 is 24.8 Å². The molecule has 1 atom stereocenters. The molecule has 1 saturated heterocycles. The maximum atomic E-state index is 12.4. The third-order valence-corrected chi connectivity index (χ3v) is 3.75. The van der Waals surface area contributed by atoms with Gasteiger partial charge in [-0.2, -0.15) is 0 Å². The second kappa shape index (κ2) is 10.2. The van der Waals surface area contributed by atoms with Crippen LogP contribution in [0.2, 0.25) is 0 Å². The van der Waals surface area contributed by atoms with E-state index in [0.29, 0.717) is 5.56 Å². The molecule has 1 heterocycles. The number of nitrogens with one attached hydrogen (secondary N) is 1. The highest BCUT2D eigenvalue weighted by Crippen LogP contribution is 2.36. The molecule has 0 saturated carbocycles. The fourth-order valence-electron chi connectivity index (χ4n) is 2.80. The van der Waals surface area contributed by atoms with E-state index in [4.69, 9.17) is 0 Å². The molecule has 2 rings (SSSR count). The Bertz CT molecular complexity index is 498. The van der Waals surface area contributed by atoms with Gasteiger partial charge in [0.1, 0.15) is 11.5 Å². The number of benzene rings is 1. The minimum Gasteiger partial charge on any atom is -0.508 e. The number of hydrogen-bond acceptors (Lipinski definition) is 4. The predicted octanol–water partition coefficient (Wildman–Crippen LogP) is 3.88. The van der Waals surface area contributed by atoms with E-state index in [-0.39, 0.29) is 42.4 Å². The summed E-state index contributed by atoms with van der Waals surface area (Å²) >= 11 is 0. The molecule has 1 aromatic carbocycles. The fourth-order valence-corrected chi connectivity index (χ4v) is 2.80. The lowest BCUT2D eigenvalue weighted by atomic mass is 9.98. The van der Waals surface area contributed by atoms with Crippen molar-refractivity contribution in [2.75, 3.05) is 26.2 Å². The van der Waals surface area contributed by atoms with Crippen LogP contribution in [0.1, 0.15) is 31.4 Å². The van der Waals surface area contributed by atoms with Gasteiger partial charge < -0.3 is 15.2 Å². The van der Waals surface area contributed by atoms with Crippen LogP contribution in [0, 0.1) is 0 Å². The molecule has 0 unspecified atom stereocenters. The zero-order valence-electron chi connectivity index (χ0n) is 13.3. The molecule has 2 N–H and O–H groups in total. The first-order valence-electron chi connectivity index (χ1n) is 7.44. The number of alkyl halides is 3. The molecule has 0 aliphatic carbocycles. The normalized spacial score (nSPS) is 16.7. The Balaban J connectivity index is 0.00000264. The molecule has 0 radical (unpaired) electrons. The lowest BCUT2D eigenvalue weighted by Gasteiger charge is -2.35. The molecule has 0 spiro atoms. The molecule has 4 nitrogen and oxygen atoms in total. The second-order valence-corrected chi connectivity index (χ2v) is 5.36. The van der Waals surface area contributed by atoms with E-state index in [0.717, 1.165) is 45.1 Å². The minimum atomic E-state index is -4.73. The van der Waals surface area contributed by atoms with Crippen LogP contribution < -0.4 is 10.1 Å². The summed E-state index contributed by atoms with van der Waals surface area (Å²) in [5, 5.41) is 13.3. The molecular formula is C15H23Cl2F3N2O2. The summed E-state index contributed by atoms with van der Waals surface area (Å²) in [5.74, 6) is -0.289. The number of halogens is 5. The van der Waals surface area contributed by atoms with Crippen LogP contribution in [-0.4, -0.2) is 42.5 Å². The summed E-state index contributed by atoms with van der Waals surface area (Å²) in [4.78, 5) is 2.19. The van der Waals surface area contributed by atoms with E-state index in [9.17, 15) is 18.3 Å². The zero-order chi connectivity index (χ0) is 16.2. The Morgan fingerprint density at radius 2 is 1.88 bits per heavy atom. The van der Waals surface area contributed by atoms with Crippen molar-refractivity contribution in [1.82, 2.24) is 10.2 Å². The number of hydrogen-bond donors (Lipinski definition) is 2. The van der Waals surface area contributed by atoms with E-state index in [1.54, 1.807) is 0 Å². The summed E-state index contributed by atoms with van der Waals surface area (Å²) in [5.41, 5.74) is 0.491. The molecular weight excluding hydrogens is 368 g/mol. The smallest absolute Gasteiger partial charge is 0.508 e. The average Bonchev–Trinajstić information content (AvgIpc) is 2.46. The number of piperazine rings is 1. The van der Waals surface area contributed by atoms with Crippen molar-refractivity contribution in [2.45, 2.75) is 32.2 Å². The number of rotatable bonds is 5. The molecule has 0 aromatic heterocycles. The number of ether oxygens (including phenoxy) is 1. The molecule has 1 fully saturated rings. The number of phenolic OH excluding ortho intramolecular Hbond substituents is 1. The van der Waals surface area contributed by atoms with Gasteiger partial charge in [0.15, 0.2) is 0 Å². The van der Waals surface area contributed by atoms with Gasteiger partial charge in [0.2, 0.25) is 0 Å². The Morgan fingerprint density at radius 1 is 1.25 bits per heavy atom. The standard InChI is InChI=1S/C15H21F3N2O2.2ClH/c1-2-3-13(20-8-6-19-7-9-20)12-10-11(4-5-14(12)21)22-15(16,17)18;;/h4-5,10,13,19,21H,2-3,6-9H2,1H3;2*1H/t13-;;/m0../s1. The van der Waals surface area contributed by atoms with Gasteiger partial charge in [0.25, 0.3) is 0 Å². The predicted molar refractivity (Wildman–Crippen MR) is 91.4 cm³/mol. The molecule has 24 heavy (non-hydrogen) atoms. The highest BCUT2D eigenvalue weighted by Gasteiger charge is 2.32. The van der Waals surface area contributed by atoms with E-state index in [1.165, 1.54) is 12.1 Å². The Labute approximate surface area is 152 Å². The summed E-state index contributed by atoms with van der Waals surface area (Å²) < 4.78 is 41.1. The van der Waals surface area contributed by atoms with Crippen molar-refractivity contribution in [1.29, 1.82) is 0 Å². The van der Waals surface area contributed by atoms with E-state index in [1.807, 2.05) is 6.92 Å². The molecule has 1 aromatic rings. The van der Waals surface area contributed by atoms with Crippen LogP contribution in [0.5, 0.6) is 11.5 Å². The average molecular weight is 391 g/mol. The highest BCUT2D eigenvalue weighted by molar-refractivity contribution is 5.85. The zero-order valence-corrected chi connectivity index (χ0v) is 14.9. The van der Waals surface area contributed by atoms with Gasteiger partial charge in [0.05, 0.1) is 0 Å². The molecule has 9 heteroatoms. The van der Waals surface area contributed by atoms with Crippen molar-refractivity contribution in [3.05, 3.63) is 23.8 Å². The van der Waals surface area contributed by atoms with Gasteiger partial charge in [-0.1, -0.05) is 13.3 Å². The monoisotopic (exact) mass is 390 g/mol. The number of aromatic hydroxyl groups is 1. The first-order valence-corrected chi connectivity index (χ1v) is 7.44. The van der Waals surface area contributed by atoms with E-state index >= 15 is 0 Å². The van der Waals surface area contributed by atoms with Gasteiger partial charge in [-0.3, -0.25) is 4.90 Å². The fraction of sp³-hybridized carbons (Fsp3) is 0.600. The van der Waals surface area contributed by atoms with Crippen LogP contribution in [0.25, 0.3) is 0 Å². The second-order valence-electron chi connectivity index (χ2n) is 5.36. The highest BCUT2D eigenvalue weighted by atomic mass is 35.5. The molecule has 1 aliphatic heterocycles. The van der Waals surface area contributed by atoms with Crippen molar-refractivity contribution in [2.24, 2.45) is 0 Å². The molecule has 0 amide bonds. The van der Waals surface area contributed by atoms with E-state index in [2.05, 4.69) is 15.0 Å². The minimum absolute atomic E-state index is 0. The van der Waals surface area contributed by atoms with E-state index < -0.39 is 6.36 Å². The molecule has 140 valence electrons. The Kier molecular flexibility index (Phi) is 9.80. The first-order chi connectivity index (χ1) is 10.4. The lowest BCUT2D eigenvalue weighted by molar-refractivity contribution is -0.274. The van der Waals surface area contributed by atoms with Gasteiger partial charge in [0, 0.05) is 37.8 Å². The topological polar surface area (TPSA) is 44.7 Å². The first kappa shape index (κ1) is 23.1. The SMILES string of the molecule is CCC[C@@H](c1cc(OC(F)(F)F)ccc1O)N1CCNCC1.Cl.Cl. The van der Waals surface area contributed by atoms with Gasteiger partial charge >= 0.3 is 6.36 Å². The van der Waals surface area contributed by atoms with Gasteiger partial charge in [-0.25, -0.2) is 0 Å². The summed E-state index contributed by atoms with van der Waals surface area (Å²) in [6, 6.07) is 3.59. The Hall–Kier alpha value is -0.890. The maximum Gasteiger partial charge on any atom is 0.573 e. The van der Waals surface area contributed by atoms with Crippen LogP contribution >= 0.6 is 24.8 Å². The number of phenols is 1. The molecule has 1 aliphatic rings. The lowest BCUT2D eigenvalue weighted by Crippen LogP contribution is -2.45. The van der Waals surface area contributed by atoms with Crippen LogP contribution in [0.15, 0.2) is 18.2 Å². The summed E-state index contributed by atoms with van der Waals surface area (Å²) in [7, 11) is 0. The van der Waals surface area contributed by atoms with Crippen LogP contribution in [0.4, 0.5) is 13.2 Å². The number of nitrogens with zero attached hydrogens (tertiary/aromatic N) is 1. The van der Waals surface area contributed by atoms with Gasteiger partial charge in [-0.15, -0.1) is 38.0 Å². The summed E-state index contributed by atoms with van der Waals surface area (Å²) in [6.07, 6.45) is -3.09. The maximum absolute atomic E-state index is 12.4. The third kappa shape index (κ3) is 6.55. The van der Waals surface area contributed by atoms with Gasteiger partial charge in [-0.05, 0) is 24.6 Å². The molecule has 0 bridgehead atoms. The third-order valence-electron chi connectivity index (χ3n) is 3.75. The van der Waals surface area contributed by atoms with Crippen molar-refractivity contribution in [3.63, 3.8) is 0 Å². The van der Waals surface area contributed by atoms with Crippen molar-refractivity contribution < 1.29 is 23.0 Å². The largest absolute Gasteiger partial charge is 0.573 e. The van der Waals surface area contributed by atoms with Crippen LogP contribution in [0.3, 0.4) is 0 Å². The Morgan fingerprint density at radius 3 is 2.42 bits per heavy atom.